The van der Waals surface area contributed by atoms with Crippen LogP contribution >= 0.6 is 0 Å². The lowest BCUT2D eigenvalue weighted by Crippen LogP contribution is -2.41. The molecule has 2 aromatic carbocycles. The molecule has 2 saturated heterocycles. The Balaban J connectivity index is 1.58. The van der Waals surface area contributed by atoms with Gasteiger partial charge in [0.25, 0.3) is 5.91 Å². The molecule has 2 N–H and O–H groups in total. The molecule has 0 saturated carbocycles. The van der Waals surface area contributed by atoms with E-state index in [0.29, 0.717) is 12.5 Å². The van der Waals surface area contributed by atoms with Crippen LogP contribution in [0.25, 0.3) is 10.8 Å². The Morgan fingerprint density at radius 1 is 1.08 bits per heavy atom. The van der Waals surface area contributed by atoms with Gasteiger partial charge in [-0.2, -0.15) is 0 Å². The number of carbonyl (C=O) groups is 2. The molecule has 2 aromatic rings. The topological polar surface area (TPSA) is 61.4 Å². The van der Waals surface area contributed by atoms with E-state index in [1.165, 1.54) is 4.90 Å². The van der Waals surface area contributed by atoms with Crippen molar-refractivity contribution in [2.45, 2.75) is 31.7 Å². The lowest BCUT2D eigenvalue weighted by molar-refractivity contribution is -0.131. The summed E-state index contributed by atoms with van der Waals surface area (Å²) in [7, 11) is 0. The van der Waals surface area contributed by atoms with Crippen LogP contribution in [0.15, 0.2) is 42.5 Å². The zero-order valence-corrected chi connectivity index (χ0v) is 15.1. The SMILES string of the molecule is CC1(c2cccc3ccccc23)NC(=O)N(CCC2CCNCC2)C1=O. The van der Waals surface area contributed by atoms with Crippen molar-refractivity contribution in [3.05, 3.63) is 48.0 Å². The highest BCUT2D eigenvalue weighted by Crippen LogP contribution is 2.34. The van der Waals surface area contributed by atoms with Crippen molar-refractivity contribution in [1.29, 1.82) is 0 Å². The van der Waals surface area contributed by atoms with Gasteiger partial charge >= 0.3 is 6.03 Å². The zero-order chi connectivity index (χ0) is 18.1. The van der Waals surface area contributed by atoms with Crippen LogP contribution in [0.2, 0.25) is 0 Å². The summed E-state index contributed by atoms with van der Waals surface area (Å²) < 4.78 is 0. The molecule has 2 heterocycles. The minimum atomic E-state index is -1.01. The van der Waals surface area contributed by atoms with E-state index in [2.05, 4.69) is 10.6 Å². The number of hydrogen-bond acceptors (Lipinski definition) is 3. The molecule has 3 amide bonds. The molecular weight excluding hydrogens is 326 g/mol. The molecule has 0 bridgehead atoms. The molecule has 0 spiro atoms. The number of fused-ring (bicyclic) bond motifs is 1. The molecule has 136 valence electrons. The minimum Gasteiger partial charge on any atom is -0.319 e. The number of hydrogen-bond donors (Lipinski definition) is 2. The van der Waals surface area contributed by atoms with Crippen LogP contribution in [0.4, 0.5) is 4.79 Å². The summed E-state index contributed by atoms with van der Waals surface area (Å²) in [6.45, 7) is 4.37. The van der Waals surface area contributed by atoms with Gasteiger partial charge < -0.3 is 10.6 Å². The maximum Gasteiger partial charge on any atom is 0.325 e. The lowest BCUT2D eigenvalue weighted by Gasteiger charge is -2.26. The fourth-order valence-electron chi connectivity index (χ4n) is 4.23. The molecule has 0 aliphatic carbocycles. The molecule has 0 radical (unpaired) electrons. The standard InChI is InChI=1S/C21H25N3O2/c1-21(18-8-4-6-16-5-2-3-7-17(16)18)19(25)24(20(26)23-21)14-11-15-9-12-22-13-10-15/h2-8,15,22H,9-14H2,1H3,(H,23,26). The van der Waals surface area contributed by atoms with Gasteiger partial charge in [0.15, 0.2) is 0 Å². The first-order valence-corrected chi connectivity index (χ1v) is 9.42. The molecule has 2 aliphatic rings. The first-order valence-electron chi connectivity index (χ1n) is 9.42. The van der Waals surface area contributed by atoms with Crippen LogP contribution in [0, 0.1) is 5.92 Å². The summed E-state index contributed by atoms with van der Waals surface area (Å²) in [5, 5.41) is 8.38. The Hall–Kier alpha value is -2.40. The van der Waals surface area contributed by atoms with Crippen molar-refractivity contribution in [1.82, 2.24) is 15.5 Å². The predicted octanol–water partition coefficient (Wildman–Crippen LogP) is 3.00. The summed E-state index contributed by atoms with van der Waals surface area (Å²) in [6, 6.07) is 13.6. The van der Waals surface area contributed by atoms with E-state index in [0.717, 1.165) is 48.7 Å². The molecule has 1 atom stereocenters. The van der Waals surface area contributed by atoms with Gasteiger partial charge in [-0.05, 0) is 61.5 Å². The summed E-state index contributed by atoms with van der Waals surface area (Å²) >= 11 is 0. The predicted molar refractivity (Wildman–Crippen MR) is 102 cm³/mol. The lowest BCUT2D eigenvalue weighted by atomic mass is 9.87. The Labute approximate surface area is 153 Å². The third-order valence-electron chi connectivity index (χ3n) is 5.82. The number of benzene rings is 2. The number of carbonyl (C=O) groups excluding carboxylic acids is 2. The summed E-state index contributed by atoms with van der Waals surface area (Å²) in [5.41, 5.74) is -0.148. The van der Waals surface area contributed by atoms with Crippen molar-refractivity contribution < 1.29 is 9.59 Å². The highest BCUT2D eigenvalue weighted by Gasteiger charge is 2.49. The first-order chi connectivity index (χ1) is 12.6. The maximum absolute atomic E-state index is 13.2. The normalized spacial score (nSPS) is 24.3. The number of rotatable bonds is 4. The molecule has 1 unspecified atom stereocenters. The molecule has 2 aliphatic heterocycles. The average molecular weight is 351 g/mol. The summed E-state index contributed by atoms with van der Waals surface area (Å²) in [6.07, 6.45) is 3.11. The van der Waals surface area contributed by atoms with E-state index >= 15 is 0 Å². The molecule has 4 rings (SSSR count). The van der Waals surface area contributed by atoms with E-state index in [9.17, 15) is 9.59 Å². The molecular formula is C21H25N3O2. The van der Waals surface area contributed by atoms with Gasteiger partial charge in [-0.15, -0.1) is 0 Å². The molecule has 5 heteroatoms. The maximum atomic E-state index is 13.2. The Kier molecular flexibility index (Phi) is 4.41. The first kappa shape index (κ1) is 17.0. The van der Waals surface area contributed by atoms with Gasteiger partial charge in [-0.1, -0.05) is 42.5 Å². The van der Waals surface area contributed by atoms with Crippen LogP contribution in [0.3, 0.4) is 0 Å². The number of imide groups is 1. The van der Waals surface area contributed by atoms with Crippen molar-refractivity contribution in [3.8, 4) is 0 Å². The smallest absolute Gasteiger partial charge is 0.319 e. The van der Waals surface area contributed by atoms with Crippen LogP contribution in [0.5, 0.6) is 0 Å². The fourth-order valence-corrected chi connectivity index (χ4v) is 4.23. The second kappa shape index (κ2) is 6.72. The Morgan fingerprint density at radius 2 is 1.81 bits per heavy atom. The molecule has 5 nitrogen and oxygen atoms in total. The van der Waals surface area contributed by atoms with Gasteiger partial charge in [-0.3, -0.25) is 9.69 Å². The molecule has 26 heavy (non-hydrogen) atoms. The van der Waals surface area contributed by atoms with Crippen molar-refractivity contribution in [2.75, 3.05) is 19.6 Å². The van der Waals surface area contributed by atoms with E-state index < -0.39 is 5.54 Å². The zero-order valence-electron chi connectivity index (χ0n) is 15.1. The van der Waals surface area contributed by atoms with Crippen LogP contribution < -0.4 is 10.6 Å². The second-order valence-corrected chi connectivity index (χ2v) is 7.52. The third kappa shape index (κ3) is 2.86. The third-order valence-corrected chi connectivity index (χ3v) is 5.82. The van der Waals surface area contributed by atoms with Gasteiger partial charge in [-0.25, -0.2) is 4.79 Å². The largest absolute Gasteiger partial charge is 0.325 e. The molecule has 2 fully saturated rings. The Bertz CT molecular complexity index is 839. The van der Waals surface area contributed by atoms with Gasteiger partial charge in [0.1, 0.15) is 5.54 Å². The van der Waals surface area contributed by atoms with Crippen LogP contribution in [0.1, 0.15) is 31.7 Å². The number of nitrogens with one attached hydrogen (secondary N) is 2. The van der Waals surface area contributed by atoms with Crippen molar-refractivity contribution >= 4 is 22.7 Å². The average Bonchev–Trinajstić information content (AvgIpc) is 2.90. The highest BCUT2D eigenvalue weighted by molar-refractivity contribution is 6.09. The fraction of sp³-hybridized carbons (Fsp3) is 0.429. The monoisotopic (exact) mass is 351 g/mol. The number of amides is 3. The van der Waals surface area contributed by atoms with Crippen LogP contribution in [-0.4, -0.2) is 36.5 Å². The highest BCUT2D eigenvalue weighted by atomic mass is 16.2. The van der Waals surface area contributed by atoms with E-state index in [1.54, 1.807) is 0 Å². The van der Waals surface area contributed by atoms with E-state index in [4.69, 9.17) is 0 Å². The molecule has 0 aromatic heterocycles. The van der Waals surface area contributed by atoms with Gasteiger partial charge in [0.05, 0.1) is 0 Å². The van der Waals surface area contributed by atoms with Crippen molar-refractivity contribution in [3.63, 3.8) is 0 Å². The number of urea groups is 1. The quantitative estimate of drug-likeness (QED) is 0.833. The van der Waals surface area contributed by atoms with Crippen LogP contribution in [-0.2, 0) is 10.3 Å². The minimum absolute atomic E-state index is 0.146. The summed E-state index contributed by atoms with van der Waals surface area (Å²) in [4.78, 5) is 27.2. The van der Waals surface area contributed by atoms with E-state index in [-0.39, 0.29) is 11.9 Å². The number of nitrogens with zero attached hydrogens (tertiary/aromatic N) is 1. The van der Waals surface area contributed by atoms with Gasteiger partial charge in [0.2, 0.25) is 0 Å². The van der Waals surface area contributed by atoms with Gasteiger partial charge in [0, 0.05) is 6.54 Å². The Morgan fingerprint density at radius 3 is 2.62 bits per heavy atom. The van der Waals surface area contributed by atoms with E-state index in [1.807, 2.05) is 49.4 Å². The number of piperidine rings is 1. The second-order valence-electron chi connectivity index (χ2n) is 7.52. The summed E-state index contributed by atoms with van der Waals surface area (Å²) in [5.74, 6) is 0.439. The van der Waals surface area contributed by atoms with Crippen molar-refractivity contribution in [2.24, 2.45) is 5.92 Å².